The van der Waals surface area contributed by atoms with Crippen LogP contribution < -0.4 is 16.4 Å². The average molecular weight is 248 g/mol. The zero-order chi connectivity index (χ0) is 13.6. The van der Waals surface area contributed by atoms with Gasteiger partial charge in [-0.1, -0.05) is 44.2 Å². The summed E-state index contributed by atoms with van der Waals surface area (Å²) in [7, 11) is 0. The van der Waals surface area contributed by atoms with Gasteiger partial charge in [0.2, 0.25) is 0 Å². The number of nitrogens with one attached hydrogen (secondary N) is 3. The molecule has 1 rings (SSSR count). The Morgan fingerprint density at radius 2 is 1.89 bits per heavy atom. The maximum absolute atomic E-state index is 11.6. The van der Waals surface area contributed by atoms with Gasteiger partial charge in [0.05, 0.1) is 5.84 Å². The third kappa shape index (κ3) is 4.45. The summed E-state index contributed by atoms with van der Waals surface area (Å²) < 4.78 is 0. The standard InChI is InChI=1S/C13H20N4O/c1-13(2,11(14)15)9-17-12(18)16-8-10-6-4-3-5-7-10/h3-7H,8-9H2,1-2H3,(H3,14,15)(H2,16,17,18). The summed E-state index contributed by atoms with van der Waals surface area (Å²) in [6.45, 7) is 4.44. The molecule has 0 atom stereocenters. The molecule has 0 saturated carbocycles. The van der Waals surface area contributed by atoms with Gasteiger partial charge in [-0.25, -0.2) is 4.79 Å². The fourth-order valence-electron chi connectivity index (χ4n) is 1.24. The quantitative estimate of drug-likeness (QED) is 0.469. The van der Waals surface area contributed by atoms with Crippen LogP contribution in [0.5, 0.6) is 0 Å². The summed E-state index contributed by atoms with van der Waals surface area (Å²) in [6, 6.07) is 9.41. The van der Waals surface area contributed by atoms with E-state index in [2.05, 4.69) is 10.6 Å². The molecular weight excluding hydrogens is 228 g/mol. The number of hydrogen-bond donors (Lipinski definition) is 4. The second-order valence-corrected chi connectivity index (χ2v) is 4.82. The van der Waals surface area contributed by atoms with Crippen LogP contribution in [-0.4, -0.2) is 18.4 Å². The van der Waals surface area contributed by atoms with Crippen molar-refractivity contribution in [2.75, 3.05) is 6.54 Å². The third-order valence-electron chi connectivity index (χ3n) is 2.72. The Morgan fingerprint density at radius 1 is 1.28 bits per heavy atom. The van der Waals surface area contributed by atoms with Crippen molar-refractivity contribution in [3.05, 3.63) is 35.9 Å². The van der Waals surface area contributed by atoms with Gasteiger partial charge in [0, 0.05) is 18.5 Å². The van der Waals surface area contributed by atoms with Crippen LogP contribution in [0.2, 0.25) is 0 Å². The van der Waals surface area contributed by atoms with Crippen LogP contribution in [0.15, 0.2) is 30.3 Å². The molecule has 0 radical (unpaired) electrons. The number of carbonyl (C=O) groups is 1. The zero-order valence-electron chi connectivity index (χ0n) is 10.8. The van der Waals surface area contributed by atoms with Crippen LogP contribution in [-0.2, 0) is 6.54 Å². The number of benzene rings is 1. The summed E-state index contributed by atoms with van der Waals surface area (Å²) in [6.07, 6.45) is 0. The van der Waals surface area contributed by atoms with Gasteiger partial charge in [0.1, 0.15) is 0 Å². The van der Waals surface area contributed by atoms with Crippen LogP contribution in [0.4, 0.5) is 4.79 Å². The van der Waals surface area contributed by atoms with Gasteiger partial charge in [0.25, 0.3) is 0 Å². The second kappa shape index (κ2) is 6.05. The first kappa shape index (κ1) is 14.0. The van der Waals surface area contributed by atoms with E-state index < -0.39 is 5.41 Å². The number of hydrogen-bond acceptors (Lipinski definition) is 2. The van der Waals surface area contributed by atoms with Crippen molar-refractivity contribution >= 4 is 11.9 Å². The molecule has 1 aromatic rings. The highest BCUT2D eigenvalue weighted by molar-refractivity contribution is 5.84. The highest BCUT2D eigenvalue weighted by atomic mass is 16.2. The Labute approximate surface area is 107 Å². The molecule has 0 bridgehead atoms. The van der Waals surface area contributed by atoms with E-state index in [-0.39, 0.29) is 11.9 Å². The number of carbonyl (C=O) groups excluding carboxylic acids is 1. The van der Waals surface area contributed by atoms with Crippen LogP contribution in [0.25, 0.3) is 0 Å². The Bertz CT molecular complexity index is 414. The van der Waals surface area contributed by atoms with Crippen LogP contribution >= 0.6 is 0 Å². The van der Waals surface area contributed by atoms with E-state index in [4.69, 9.17) is 11.1 Å². The normalized spacial score (nSPS) is 10.8. The van der Waals surface area contributed by atoms with Crippen LogP contribution in [0, 0.1) is 10.8 Å². The highest BCUT2D eigenvalue weighted by Crippen LogP contribution is 2.11. The van der Waals surface area contributed by atoms with Crippen molar-refractivity contribution in [2.45, 2.75) is 20.4 Å². The molecule has 2 amide bonds. The number of rotatable bonds is 5. The molecule has 18 heavy (non-hydrogen) atoms. The number of amidine groups is 1. The molecule has 0 unspecified atom stereocenters. The fourth-order valence-corrected chi connectivity index (χ4v) is 1.24. The first-order valence-corrected chi connectivity index (χ1v) is 5.82. The van der Waals surface area contributed by atoms with Crippen molar-refractivity contribution in [1.82, 2.24) is 10.6 Å². The lowest BCUT2D eigenvalue weighted by Gasteiger charge is -2.23. The van der Waals surface area contributed by atoms with Gasteiger partial charge >= 0.3 is 6.03 Å². The summed E-state index contributed by atoms with van der Waals surface area (Å²) in [4.78, 5) is 11.6. The molecule has 0 aliphatic heterocycles. The molecule has 5 heteroatoms. The number of urea groups is 1. The first-order valence-electron chi connectivity index (χ1n) is 5.82. The second-order valence-electron chi connectivity index (χ2n) is 4.82. The van der Waals surface area contributed by atoms with Gasteiger partial charge in [-0.3, -0.25) is 5.41 Å². The van der Waals surface area contributed by atoms with Crippen molar-refractivity contribution in [2.24, 2.45) is 11.1 Å². The molecule has 0 aliphatic rings. The van der Waals surface area contributed by atoms with E-state index in [1.54, 1.807) is 0 Å². The molecule has 1 aromatic carbocycles. The van der Waals surface area contributed by atoms with E-state index in [0.717, 1.165) is 5.56 Å². The van der Waals surface area contributed by atoms with Crippen molar-refractivity contribution in [3.8, 4) is 0 Å². The van der Waals surface area contributed by atoms with E-state index in [9.17, 15) is 4.79 Å². The Morgan fingerprint density at radius 3 is 2.44 bits per heavy atom. The van der Waals surface area contributed by atoms with E-state index in [0.29, 0.717) is 13.1 Å². The minimum absolute atomic E-state index is 0.0610. The predicted octanol–water partition coefficient (Wildman–Crippen LogP) is 1.45. The number of nitrogens with two attached hydrogens (primary N) is 1. The van der Waals surface area contributed by atoms with Crippen molar-refractivity contribution in [3.63, 3.8) is 0 Å². The molecular formula is C13H20N4O. The molecule has 0 aliphatic carbocycles. The molecule has 0 fully saturated rings. The monoisotopic (exact) mass is 248 g/mol. The largest absolute Gasteiger partial charge is 0.387 e. The third-order valence-corrected chi connectivity index (χ3v) is 2.72. The molecule has 0 saturated heterocycles. The van der Waals surface area contributed by atoms with Crippen molar-refractivity contribution in [1.29, 1.82) is 5.41 Å². The summed E-state index contributed by atoms with van der Waals surface area (Å²) >= 11 is 0. The summed E-state index contributed by atoms with van der Waals surface area (Å²) in [5.41, 5.74) is 5.95. The molecule has 0 aromatic heterocycles. The summed E-state index contributed by atoms with van der Waals surface area (Å²) in [5, 5.41) is 12.8. The topological polar surface area (TPSA) is 91.0 Å². The maximum Gasteiger partial charge on any atom is 0.315 e. The predicted molar refractivity (Wildman–Crippen MR) is 72.4 cm³/mol. The fraction of sp³-hybridized carbons (Fsp3) is 0.385. The highest BCUT2D eigenvalue weighted by Gasteiger charge is 2.22. The zero-order valence-corrected chi connectivity index (χ0v) is 10.8. The minimum Gasteiger partial charge on any atom is -0.387 e. The van der Waals surface area contributed by atoms with E-state index >= 15 is 0 Å². The van der Waals surface area contributed by atoms with E-state index in [1.807, 2.05) is 44.2 Å². The lowest BCUT2D eigenvalue weighted by molar-refractivity contribution is 0.237. The van der Waals surface area contributed by atoms with Gasteiger partial charge in [-0.05, 0) is 5.56 Å². The Hall–Kier alpha value is -2.04. The smallest absolute Gasteiger partial charge is 0.315 e. The SMILES string of the molecule is CC(C)(CNC(=O)NCc1ccccc1)C(=N)N. The Kier molecular flexibility index (Phi) is 4.71. The molecule has 0 spiro atoms. The van der Waals surface area contributed by atoms with E-state index in [1.165, 1.54) is 0 Å². The van der Waals surface area contributed by atoms with Crippen LogP contribution in [0.1, 0.15) is 19.4 Å². The molecule has 5 nitrogen and oxygen atoms in total. The van der Waals surface area contributed by atoms with Gasteiger partial charge in [-0.2, -0.15) is 0 Å². The number of amides is 2. The minimum atomic E-state index is -0.524. The Balaban J connectivity index is 2.33. The van der Waals surface area contributed by atoms with Gasteiger partial charge in [-0.15, -0.1) is 0 Å². The summed E-state index contributed by atoms with van der Waals surface area (Å²) in [5.74, 6) is 0.0610. The maximum atomic E-state index is 11.6. The average Bonchev–Trinajstić information content (AvgIpc) is 2.35. The van der Waals surface area contributed by atoms with Gasteiger partial charge < -0.3 is 16.4 Å². The lowest BCUT2D eigenvalue weighted by Crippen LogP contribution is -2.45. The molecule has 98 valence electrons. The molecule has 5 N–H and O–H groups in total. The van der Waals surface area contributed by atoms with Crippen LogP contribution in [0.3, 0.4) is 0 Å². The molecule has 0 heterocycles. The van der Waals surface area contributed by atoms with Gasteiger partial charge in [0.15, 0.2) is 0 Å². The lowest BCUT2D eigenvalue weighted by atomic mass is 9.92. The van der Waals surface area contributed by atoms with Crippen molar-refractivity contribution < 1.29 is 4.79 Å². The first-order chi connectivity index (χ1) is 8.42.